The summed E-state index contributed by atoms with van der Waals surface area (Å²) in [7, 11) is -2.11. The van der Waals surface area contributed by atoms with Crippen molar-refractivity contribution in [3.63, 3.8) is 0 Å². The Bertz CT molecular complexity index is 682. The van der Waals surface area contributed by atoms with Crippen LogP contribution in [-0.4, -0.2) is 29.9 Å². The summed E-state index contributed by atoms with van der Waals surface area (Å²) < 4.78 is 28.6. The second-order valence-corrected chi connectivity index (χ2v) is 6.49. The van der Waals surface area contributed by atoms with Crippen LogP contribution in [0.3, 0.4) is 0 Å². The molecule has 0 aliphatic heterocycles. The first-order valence-corrected chi connectivity index (χ1v) is 7.55. The molecule has 1 aromatic heterocycles. The zero-order valence-electron chi connectivity index (χ0n) is 11.3. The molecule has 1 atom stereocenters. The molecule has 1 unspecified atom stereocenters. The molecule has 1 aromatic carbocycles. The van der Waals surface area contributed by atoms with E-state index in [1.54, 1.807) is 38.2 Å². The SMILES string of the molecule is Cn1cc(S(=O)(=O)NC(C)(CO)c2ccccc2)cn1. The minimum absolute atomic E-state index is 0.0654. The Kier molecular flexibility index (Phi) is 3.94. The summed E-state index contributed by atoms with van der Waals surface area (Å²) in [5.74, 6) is 0. The van der Waals surface area contributed by atoms with E-state index in [1.165, 1.54) is 17.1 Å². The highest BCUT2D eigenvalue weighted by molar-refractivity contribution is 7.89. The number of benzene rings is 1. The van der Waals surface area contributed by atoms with Crippen LogP contribution in [0.15, 0.2) is 47.6 Å². The number of nitrogens with one attached hydrogen (secondary N) is 1. The fourth-order valence-electron chi connectivity index (χ4n) is 1.88. The largest absolute Gasteiger partial charge is 0.394 e. The van der Waals surface area contributed by atoms with Gasteiger partial charge in [-0.1, -0.05) is 30.3 Å². The molecule has 108 valence electrons. The number of aliphatic hydroxyl groups excluding tert-OH is 1. The maximum absolute atomic E-state index is 12.3. The highest BCUT2D eigenvalue weighted by Crippen LogP contribution is 2.22. The number of hydrogen-bond acceptors (Lipinski definition) is 4. The van der Waals surface area contributed by atoms with Crippen molar-refractivity contribution in [2.24, 2.45) is 7.05 Å². The Morgan fingerprint density at radius 2 is 2.00 bits per heavy atom. The lowest BCUT2D eigenvalue weighted by molar-refractivity contribution is 0.196. The van der Waals surface area contributed by atoms with Crippen LogP contribution in [0, 0.1) is 0 Å². The van der Waals surface area contributed by atoms with Crippen LogP contribution < -0.4 is 4.72 Å². The van der Waals surface area contributed by atoms with Crippen molar-refractivity contribution >= 4 is 10.0 Å². The quantitative estimate of drug-likeness (QED) is 0.846. The molecule has 0 aliphatic carbocycles. The third-order valence-corrected chi connectivity index (χ3v) is 4.63. The predicted molar refractivity (Wildman–Crippen MR) is 74.4 cm³/mol. The molecule has 2 aromatic rings. The molecule has 0 amide bonds. The van der Waals surface area contributed by atoms with Crippen LogP contribution in [0.5, 0.6) is 0 Å². The zero-order valence-corrected chi connectivity index (χ0v) is 12.1. The van der Waals surface area contributed by atoms with E-state index in [-0.39, 0.29) is 11.5 Å². The van der Waals surface area contributed by atoms with Crippen molar-refractivity contribution < 1.29 is 13.5 Å². The number of aromatic nitrogens is 2. The summed E-state index contributed by atoms with van der Waals surface area (Å²) in [5.41, 5.74) is -0.398. The third kappa shape index (κ3) is 2.90. The maximum Gasteiger partial charge on any atom is 0.244 e. The molecule has 0 spiro atoms. The summed E-state index contributed by atoms with van der Waals surface area (Å²) >= 11 is 0. The van der Waals surface area contributed by atoms with Gasteiger partial charge in [-0.3, -0.25) is 4.68 Å². The van der Waals surface area contributed by atoms with Gasteiger partial charge >= 0.3 is 0 Å². The lowest BCUT2D eigenvalue weighted by Gasteiger charge is -2.28. The van der Waals surface area contributed by atoms with Gasteiger partial charge in [0.2, 0.25) is 10.0 Å². The van der Waals surface area contributed by atoms with Gasteiger partial charge < -0.3 is 5.11 Å². The second kappa shape index (κ2) is 5.35. The first kappa shape index (κ1) is 14.7. The summed E-state index contributed by atoms with van der Waals surface area (Å²) in [6.45, 7) is 1.28. The molecule has 20 heavy (non-hydrogen) atoms. The van der Waals surface area contributed by atoms with E-state index >= 15 is 0 Å². The normalized spacial score (nSPS) is 14.9. The number of nitrogens with zero attached hydrogens (tertiary/aromatic N) is 2. The van der Waals surface area contributed by atoms with E-state index in [1.807, 2.05) is 6.07 Å². The maximum atomic E-state index is 12.3. The van der Waals surface area contributed by atoms with Gasteiger partial charge in [0.25, 0.3) is 0 Å². The van der Waals surface area contributed by atoms with E-state index < -0.39 is 15.6 Å². The van der Waals surface area contributed by atoms with E-state index in [2.05, 4.69) is 9.82 Å². The number of hydrogen-bond donors (Lipinski definition) is 2. The van der Waals surface area contributed by atoms with Crippen molar-refractivity contribution in [2.45, 2.75) is 17.4 Å². The highest BCUT2D eigenvalue weighted by atomic mass is 32.2. The van der Waals surface area contributed by atoms with Crippen LogP contribution in [0.1, 0.15) is 12.5 Å². The number of rotatable bonds is 5. The van der Waals surface area contributed by atoms with Gasteiger partial charge in [0, 0.05) is 13.2 Å². The number of sulfonamides is 1. The van der Waals surface area contributed by atoms with Gasteiger partial charge in [0.1, 0.15) is 4.90 Å². The Hall–Kier alpha value is -1.70. The summed E-state index contributed by atoms with van der Waals surface area (Å²) in [4.78, 5) is 0.0654. The van der Waals surface area contributed by atoms with Crippen LogP contribution in [0.4, 0.5) is 0 Å². The van der Waals surface area contributed by atoms with Crippen LogP contribution in [-0.2, 0) is 22.6 Å². The van der Waals surface area contributed by atoms with Gasteiger partial charge in [0.05, 0.1) is 18.3 Å². The average molecular weight is 295 g/mol. The monoisotopic (exact) mass is 295 g/mol. The van der Waals surface area contributed by atoms with Crippen molar-refractivity contribution in [1.82, 2.24) is 14.5 Å². The molecule has 7 heteroatoms. The van der Waals surface area contributed by atoms with Gasteiger partial charge in [-0.25, -0.2) is 8.42 Å². The smallest absolute Gasteiger partial charge is 0.244 e. The zero-order chi connectivity index (χ0) is 14.8. The molecule has 0 radical (unpaired) electrons. The Balaban J connectivity index is 2.35. The number of aryl methyl sites for hydroxylation is 1. The van der Waals surface area contributed by atoms with Gasteiger partial charge in [-0.15, -0.1) is 0 Å². The molecule has 0 bridgehead atoms. The standard InChI is InChI=1S/C13H17N3O3S/c1-13(10-17,11-6-4-3-5-7-11)15-20(18,19)12-8-14-16(2)9-12/h3-9,15,17H,10H2,1-2H3. The molecule has 0 saturated heterocycles. The first-order chi connectivity index (χ1) is 9.37. The fourth-order valence-corrected chi connectivity index (χ4v) is 3.25. The lowest BCUT2D eigenvalue weighted by Crippen LogP contribution is -2.46. The molecular formula is C13H17N3O3S. The molecule has 0 saturated carbocycles. The molecule has 6 nitrogen and oxygen atoms in total. The summed E-state index contributed by atoms with van der Waals surface area (Å²) in [5, 5.41) is 13.5. The van der Waals surface area contributed by atoms with Gasteiger partial charge in [0.15, 0.2) is 0 Å². The van der Waals surface area contributed by atoms with E-state index in [0.717, 1.165) is 0 Å². The lowest BCUT2D eigenvalue weighted by atomic mass is 9.94. The fraction of sp³-hybridized carbons (Fsp3) is 0.308. The average Bonchev–Trinajstić information content (AvgIpc) is 2.87. The summed E-state index contributed by atoms with van der Waals surface area (Å²) in [6, 6.07) is 8.95. The van der Waals surface area contributed by atoms with Crippen LogP contribution in [0.2, 0.25) is 0 Å². The van der Waals surface area contributed by atoms with Crippen LogP contribution >= 0.6 is 0 Å². The molecular weight excluding hydrogens is 278 g/mol. The van der Waals surface area contributed by atoms with E-state index in [9.17, 15) is 13.5 Å². The van der Waals surface area contributed by atoms with Crippen LogP contribution in [0.25, 0.3) is 0 Å². The Labute approximate surface area is 118 Å². The second-order valence-electron chi connectivity index (χ2n) is 4.81. The highest BCUT2D eigenvalue weighted by Gasteiger charge is 2.32. The Morgan fingerprint density at radius 1 is 1.35 bits per heavy atom. The van der Waals surface area contributed by atoms with Gasteiger partial charge in [-0.05, 0) is 12.5 Å². The van der Waals surface area contributed by atoms with E-state index in [4.69, 9.17) is 0 Å². The van der Waals surface area contributed by atoms with Crippen molar-refractivity contribution in [3.8, 4) is 0 Å². The topological polar surface area (TPSA) is 84.2 Å². The van der Waals surface area contributed by atoms with E-state index in [0.29, 0.717) is 5.56 Å². The first-order valence-electron chi connectivity index (χ1n) is 6.06. The summed E-state index contributed by atoms with van der Waals surface area (Å²) in [6.07, 6.45) is 2.68. The molecule has 0 fully saturated rings. The van der Waals surface area contributed by atoms with Crippen molar-refractivity contribution in [1.29, 1.82) is 0 Å². The molecule has 0 aliphatic rings. The van der Waals surface area contributed by atoms with Crippen molar-refractivity contribution in [2.75, 3.05) is 6.61 Å². The van der Waals surface area contributed by atoms with Crippen molar-refractivity contribution in [3.05, 3.63) is 48.3 Å². The van der Waals surface area contributed by atoms with Gasteiger partial charge in [-0.2, -0.15) is 9.82 Å². The molecule has 2 N–H and O–H groups in total. The Morgan fingerprint density at radius 3 is 2.50 bits per heavy atom. The molecule has 1 heterocycles. The number of aliphatic hydroxyl groups is 1. The minimum Gasteiger partial charge on any atom is -0.394 e. The third-order valence-electron chi connectivity index (χ3n) is 3.08. The predicted octanol–water partition coefficient (Wildman–Crippen LogP) is 0.606. The molecule has 2 rings (SSSR count). The minimum atomic E-state index is -3.75.